The maximum absolute atomic E-state index is 14.5. The van der Waals surface area contributed by atoms with Crippen LogP contribution in [0, 0.1) is 0 Å². The van der Waals surface area contributed by atoms with Gasteiger partial charge in [-0.1, -0.05) is 37.6 Å². The number of aliphatic hydroxyl groups is 1. The lowest BCUT2D eigenvalue weighted by Crippen LogP contribution is -2.55. The van der Waals surface area contributed by atoms with Crippen LogP contribution in [-0.2, 0) is 6.42 Å². The number of alkyl halides is 9. The maximum atomic E-state index is 14.5. The van der Waals surface area contributed by atoms with Crippen molar-refractivity contribution in [1.82, 2.24) is 0 Å². The van der Waals surface area contributed by atoms with E-state index in [1.807, 2.05) is 0 Å². The zero-order valence-corrected chi connectivity index (χ0v) is 13.4. The van der Waals surface area contributed by atoms with Gasteiger partial charge in [0.05, 0.1) is 6.10 Å². The van der Waals surface area contributed by atoms with Crippen molar-refractivity contribution in [3.8, 4) is 0 Å². The largest absolute Gasteiger partial charge is 0.388 e. The van der Waals surface area contributed by atoms with E-state index < -0.39 is 41.9 Å². The highest BCUT2D eigenvalue weighted by Crippen LogP contribution is 2.70. The van der Waals surface area contributed by atoms with Crippen LogP contribution in [0.2, 0.25) is 0 Å². The summed E-state index contributed by atoms with van der Waals surface area (Å²) in [5.74, 6) is -26.0. The van der Waals surface area contributed by atoms with E-state index in [4.69, 9.17) is 0 Å². The third-order valence-electron chi connectivity index (χ3n) is 4.59. The fourth-order valence-electron chi connectivity index (χ4n) is 3.08. The van der Waals surface area contributed by atoms with Crippen LogP contribution in [0.4, 0.5) is 39.5 Å². The van der Waals surface area contributed by atoms with Gasteiger partial charge in [0.15, 0.2) is 0 Å². The summed E-state index contributed by atoms with van der Waals surface area (Å²) in [6.07, 6.45) is -4.01. The van der Waals surface area contributed by atoms with Gasteiger partial charge in [0, 0.05) is 6.42 Å². The normalized spacial score (nSPS) is 25.8. The van der Waals surface area contributed by atoms with Crippen molar-refractivity contribution >= 4 is 0 Å². The Balaban J connectivity index is 2.51. The Kier molecular flexibility index (Phi) is 4.84. The summed E-state index contributed by atoms with van der Waals surface area (Å²) in [5, 5.41) is 9.96. The molecule has 1 unspecified atom stereocenters. The third-order valence-corrected chi connectivity index (χ3v) is 4.59. The van der Waals surface area contributed by atoms with Crippen LogP contribution in [0.15, 0.2) is 24.3 Å². The second kappa shape index (κ2) is 6.03. The first-order chi connectivity index (χ1) is 11.7. The predicted molar refractivity (Wildman–Crippen MR) is 73.6 cm³/mol. The van der Waals surface area contributed by atoms with Gasteiger partial charge in [0.2, 0.25) is 0 Å². The summed E-state index contributed by atoms with van der Waals surface area (Å²) < 4.78 is 122. The van der Waals surface area contributed by atoms with Crippen molar-refractivity contribution in [2.75, 3.05) is 0 Å². The summed E-state index contributed by atoms with van der Waals surface area (Å²) >= 11 is 0. The number of hydrogen-bond donors (Lipinski definition) is 1. The second-order valence-electron chi connectivity index (χ2n) is 6.27. The molecule has 1 aromatic rings. The molecule has 1 fully saturated rings. The van der Waals surface area contributed by atoms with Gasteiger partial charge in [-0.05, 0) is 17.5 Å². The Labute approximate surface area is 142 Å². The van der Waals surface area contributed by atoms with E-state index in [-0.39, 0.29) is 17.5 Å². The monoisotopic (exact) mass is 394 g/mol. The lowest BCUT2D eigenvalue weighted by Gasteiger charge is -2.33. The first-order valence-corrected chi connectivity index (χ1v) is 7.65. The fourth-order valence-corrected chi connectivity index (χ4v) is 3.08. The molecule has 0 aromatic heterocycles. The molecule has 1 aliphatic carbocycles. The molecule has 0 spiro atoms. The van der Waals surface area contributed by atoms with E-state index in [1.165, 1.54) is 18.2 Å². The van der Waals surface area contributed by atoms with Crippen LogP contribution in [0.1, 0.15) is 37.0 Å². The van der Waals surface area contributed by atoms with Gasteiger partial charge in [-0.15, -0.1) is 0 Å². The molecule has 0 saturated heterocycles. The molecule has 148 valence electrons. The molecule has 1 atom stereocenters. The average Bonchev–Trinajstić information content (AvgIpc) is 2.58. The van der Waals surface area contributed by atoms with Gasteiger partial charge in [-0.2, -0.15) is 35.1 Å². The fraction of sp³-hybridized carbons (Fsp3) is 0.625. The number of hydrogen-bond acceptors (Lipinski definition) is 1. The summed E-state index contributed by atoms with van der Waals surface area (Å²) in [6.45, 7) is 1.69. The third kappa shape index (κ3) is 2.36. The molecule has 1 saturated carbocycles. The smallest absolute Gasteiger partial charge is 0.381 e. The highest BCUT2D eigenvalue weighted by Gasteiger charge is 3.00. The molecular formula is C16H15F9O. The van der Waals surface area contributed by atoms with Crippen LogP contribution in [0.3, 0.4) is 0 Å². The topological polar surface area (TPSA) is 20.2 Å². The van der Waals surface area contributed by atoms with Crippen molar-refractivity contribution in [3.63, 3.8) is 0 Å². The highest BCUT2D eigenvalue weighted by atomic mass is 19.4. The zero-order chi connectivity index (χ0) is 20.2. The van der Waals surface area contributed by atoms with E-state index in [9.17, 15) is 44.6 Å². The molecule has 0 heterocycles. The van der Waals surface area contributed by atoms with Gasteiger partial charge in [0.25, 0.3) is 5.67 Å². The standard InChI is InChI=1S/C16H15F9O/c1-2-5-9-6-3-4-7-10(9)11(26)8-12(17)13(18,19)15(22,23)16(24,25)14(12,20)21/h3-4,6-7,11,26H,2,5,8H2,1H3. The number of rotatable bonds is 5. The van der Waals surface area contributed by atoms with E-state index in [1.54, 1.807) is 6.92 Å². The molecule has 1 N–H and O–H groups in total. The van der Waals surface area contributed by atoms with E-state index in [2.05, 4.69) is 0 Å². The van der Waals surface area contributed by atoms with Crippen LogP contribution in [0.25, 0.3) is 0 Å². The maximum Gasteiger partial charge on any atom is 0.381 e. The molecular weight excluding hydrogens is 379 g/mol. The van der Waals surface area contributed by atoms with E-state index in [0.29, 0.717) is 6.42 Å². The zero-order valence-electron chi connectivity index (χ0n) is 13.4. The van der Waals surface area contributed by atoms with E-state index >= 15 is 0 Å². The molecule has 1 aromatic carbocycles. The quantitative estimate of drug-likeness (QED) is 0.670. The molecule has 2 rings (SSSR count). The van der Waals surface area contributed by atoms with Crippen molar-refractivity contribution < 1.29 is 44.6 Å². The van der Waals surface area contributed by atoms with Crippen LogP contribution >= 0.6 is 0 Å². The Morgan fingerprint density at radius 1 is 0.808 bits per heavy atom. The number of aryl methyl sites for hydroxylation is 1. The average molecular weight is 394 g/mol. The van der Waals surface area contributed by atoms with Crippen LogP contribution < -0.4 is 0 Å². The van der Waals surface area contributed by atoms with Crippen molar-refractivity contribution in [2.24, 2.45) is 0 Å². The Hall–Kier alpha value is -1.45. The Morgan fingerprint density at radius 3 is 1.73 bits per heavy atom. The summed E-state index contributed by atoms with van der Waals surface area (Å²) in [6, 6.07) is 5.23. The first kappa shape index (κ1) is 20.9. The lowest BCUT2D eigenvalue weighted by molar-refractivity contribution is -0.303. The minimum Gasteiger partial charge on any atom is -0.388 e. The summed E-state index contributed by atoms with van der Waals surface area (Å²) in [4.78, 5) is 0. The minimum absolute atomic E-state index is 0.242. The molecule has 0 amide bonds. The Bertz CT molecular complexity index is 645. The molecule has 0 bridgehead atoms. The summed E-state index contributed by atoms with van der Waals surface area (Å²) in [5.41, 5.74) is -5.64. The van der Waals surface area contributed by atoms with Gasteiger partial charge < -0.3 is 5.11 Å². The summed E-state index contributed by atoms with van der Waals surface area (Å²) in [7, 11) is 0. The van der Waals surface area contributed by atoms with Crippen molar-refractivity contribution in [1.29, 1.82) is 0 Å². The van der Waals surface area contributed by atoms with Crippen molar-refractivity contribution in [3.05, 3.63) is 35.4 Å². The van der Waals surface area contributed by atoms with Gasteiger partial charge >= 0.3 is 23.7 Å². The minimum atomic E-state index is -6.62. The molecule has 10 heteroatoms. The molecule has 1 aliphatic rings. The highest BCUT2D eigenvalue weighted by molar-refractivity contribution is 5.32. The Morgan fingerprint density at radius 2 is 1.27 bits per heavy atom. The van der Waals surface area contributed by atoms with Gasteiger partial charge in [0.1, 0.15) is 0 Å². The number of aliphatic hydroxyl groups excluding tert-OH is 1. The van der Waals surface area contributed by atoms with Crippen molar-refractivity contribution in [2.45, 2.75) is 61.6 Å². The lowest BCUT2D eigenvalue weighted by atomic mass is 9.86. The number of benzene rings is 1. The molecule has 0 radical (unpaired) electrons. The van der Waals surface area contributed by atoms with Gasteiger partial charge in [-0.3, -0.25) is 0 Å². The molecule has 1 nitrogen and oxygen atoms in total. The molecule has 26 heavy (non-hydrogen) atoms. The van der Waals surface area contributed by atoms with Gasteiger partial charge in [-0.25, -0.2) is 4.39 Å². The molecule has 0 aliphatic heterocycles. The second-order valence-corrected chi connectivity index (χ2v) is 6.27. The SMILES string of the molecule is CCCc1ccccc1C(O)CC1(F)C(F)(F)C(F)(F)C(F)(F)C1(F)F. The first-order valence-electron chi connectivity index (χ1n) is 7.65. The number of halogens is 9. The predicted octanol–water partition coefficient (Wildman–Crippen LogP) is 5.33. The van der Waals surface area contributed by atoms with Crippen LogP contribution in [-0.4, -0.2) is 34.5 Å². The van der Waals surface area contributed by atoms with Crippen LogP contribution in [0.5, 0.6) is 0 Å². The van der Waals surface area contributed by atoms with E-state index in [0.717, 1.165) is 6.07 Å².